The van der Waals surface area contributed by atoms with Crippen LogP contribution < -0.4 is 5.73 Å². The largest absolute Gasteiger partial charge is 0.397 e. The first kappa shape index (κ1) is 13.8. The zero-order chi connectivity index (χ0) is 14.7. The molecule has 0 fully saturated rings. The van der Waals surface area contributed by atoms with Gasteiger partial charge in [-0.15, -0.1) is 11.3 Å². The lowest BCUT2D eigenvalue weighted by atomic mass is 10.0. The standard InChI is InChI=1S/C14H11N3O2S/c1-9-4-5-12(17(18)19)10(7-9)14(16)11(8-15)13-3-2-6-20-13/h2-7H,16H2,1H3/b14-11+. The summed E-state index contributed by atoms with van der Waals surface area (Å²) in [6.07, 6.45) is 0. The molecule has 0 amide bonds. The van der Waals surface area contributed by atoms with E-state index in [0.29, 0.717) is 4.88 Å². The number of nitrogens with two attached hydrogens (primary N) is 1. The highest BCUT2D eigenvalue weighted by molar-refractivity contribution is 7.11. The summed E-state index contributed by atoms with van der Waals surface area (Å²) in [5.74, 6) is 0. The van der Waals surface area contributed by atoms with E-state index in [2.05, 4.69) is 0 Å². The zero-order valence-electron chi connectivity index (χ0n) is 10.7. The van der Waals surface area contributed by atoms with Crippen LogP contribution >= 0.6 is 11.3 Å². The van der Waals surface area contributed by atoms with E-state index in [9.17, 15) is 15.4 Å². The van der Waals surface area contributed by atoms with Crippen molar-refractivity contribution in [2.75, 3.05) is 0 Å². The number of benzene rings is 1. The molecule has 2 rings (SSSR count). The quantitative estimate of drug-likeness (QED) is 0.532. The number of nitro benzene ring substituents is 1. The lowest BCUT2D eigenvalue weighted by Gasteiger charge is -2.07. The van der Waals surface area contributed by atoms with Gasteiger partial charge in [0.15, 0.2) is 0 Å². The maximum atomic E-state index is 11.1. The Bertz CT molecular complexity index is 727. The number of nitro groups is 1. The molecule has 2 N–H and O–H groups in total. The maximum Gasteiger partial charge on any atom is 0.278 e. The predicted octanol–water partition coefficient (Wildman–Crippen LogP) is 3.32. The van der Waals surface area contributed by atoms with Gasteiger partial charge in [0, 0.05) is 10.9 Å². The fourth-order valence-corrected chi connectivity index (χ4v) is 2.56. The van der Waals surface area contributed by atoms with Gasteiger partial charge >= 0.3 is 0 Å². The summed E-state index contributed by atoms with van der Waals surface area (Å²) in [6, 6.07) is 10.3. The summed E-state index contributed by atoms with van der Waals surface area (Å²) >= 11 is 1.37. The molecule has 0 aliphatic carbocycles. The maximum absolute atomic E-state index is 11.1. The van der Waals surface area contributed by atoms with Crippen LogP contribution in [0, 0.1) is 28.4 Å². The van der Waals surface area contributed by atoms with Gasteiger partial charge in [0.2, 0.25) is 0 Å². The van der Waals surface area contributed by atoms with Crippen molar-refractivity contribution >= 4 is 28.3 Å². The van der Waals surface area contributed by atoms with Crippen LogP contribution in [0.4, 0.5) is 5.69 Å². The molecule has 1 aromatic heterocycles. The average Bonchev–Trinajstić information content (AvgIpc) is 2.93. The molecule has 0 aliphatic heterocycles. The normalized spacial score (nSPS) is 11.6. The Morgan fingerprint density at radius 3 is 2.75 bits per heavy atom. The van der Waals surface area contributed by atoms with Crippen LogP contribution in [0.1, 0.15) is 16.0 Å². The van der Waals surface area contributed by atoms with Crippen LogP contribution in [0.25, 0.3) is 11.3 Å². The average molecular weight is 285 g/mol. The Hall–Kier alpha value is -2.65. The van der Waals surface area contributed by atoms with E-state index in [4.69, 9.17) is 5.73 Å². The van der Waals surface area contributed by atoms with Gasteiger partial charge in [0.25, 0.3) is 5.69 Å². The second-order valence-electron chi connectivity index (χ2n) is 4.16. The van der Waals surface area contributed by atoms with Crippen LogP contribution in [0.5, 0.6) is 0 Å². The van der Waals surface area contributed by atoms with E-state index in [1.807, 2.05) is 18.4 Å². The Labute approximate surface area is 119 Å². The first-order valence-corrected chi connectivity index (χ1v) is 6.61. The molecule has 100 valence electrons. The Kier molecular flexibility index (Phi) is 3.82. The highest BCUT2D eigenvalue weighted by atomic mass is 32.1. The summed E-state index contributed by atoms with van der Waals surface area (Å²) in [7, 11) is 0. The van der Waals surface area contributed by atoms with Gasteiger partial charge in [0.05, 0.1) is 21.8 Å². The molecule has 0 spiro atoms. The predicted molar refractivity (Wildman–Crippen MR) is 78.8 cm³/mol. The molecule has 0 atom stereocenters. The molecular weight excluding hydrogens is 274 g/mol. The molecule has 1 heterocycles. The molecule has 0 saturated heterocycles. The van der Waals surface area contributed by atoms with Crippen molar-refractivity contribution in [2.45, 2.75) is 6.92 Å². The number of nitriles is 1. The van der Waals surface area contributed by atoms with Crippen molar-refractivity contribution in [1.29, 1.82) is 5.26 Å². The first-order valence-electron chi connectivity index (χ1n) is 5.73. The molecule has 0 aliphatic rings. The van der Waals surface area contributed by atoms with E-state index in [1.54, 1.807) is 24.3 Å². The molecule has 1 aromatic carbocycles. The lowest BCUT2D eigenvalue weighted by Crippen LogP contribution is -2.04. The summed E-state index contributed by atoms with van der Waals surface area (Å²) < 4.78 is 0. The third kappa shape index (κ3) is 2.53. The van der Waals surface area contributed by atoms with Crippen molar-refractivity contribution < 1.29 is 4.92 Å². The van der Waals surface area contributed by atoms with Crippen LogP contribution in [0.2, 0.25) is 0 Å². The van der Waals surface area contributed by atoms with E-state index >= 15 is 0 Å². The summed E-state index contributed by atoms with van der Waals surface area (Å²) in [5, 5.41) is 22.2. The SMILES string of the molecule is Cc1ccc([N+](=O)[O-])c(/C(N)=C(/C#N)c2cccs2)c1. The van der Waals surface area contributed by atoms with Crippen molar-refractivity contribution in [2.24, 2.45) is 5.73 Å². The van der Waals surface area contributed by atoms with Crippen molar-refractivity contribution in [3.05, 3.63) is 61.8 Å². The fraction of sp³-hybridized carbons (Fsp3) is 0.0714. The summed E-state index contributed by atoms with van der Waals surface area (Å²) in [4.78, 5) is 11.3. The number of nitrogens with zero attached hydrogens (tertiary/aromatic N) is 2. The minimum atomic E-state index is -0.495. The van der Waals surface area contributed by atoms with Crippen molar-refractivity contribution in [3.63, 3.8) is 0 Å². The molecule has 5 nitrogen and oxygen atoms in total. The van der Waals surface area contributed by atoms with E-state index < -0.39 is 4.92 Å². The fourth-order valence-electron chi connectivity index (χ4n) is 1.83. The first-order chi connectivity index (χ1) is 9.54. The molecular formula is C14H11N3O2S. The van der Waals surface area contributed by atoms with Crippen molar-refractivity contribution in [3.8, 4) is 6.07 Å². The number of hydrogen-bond donors (Lipinski definition) is 1. The molecule has 2 aromatic rings. The molecule has 6 heteroatoms. The minimum Gasteiger partial charge on any atom is -0.397 e. The van der Waals surface area contributed by atoms with Crippen LogP contribution in [0.15, 0.2) is 35.7 Å². The van der Waals surface area contributed by atoms with Gasteiger partial charge in [-0.2, -0.15) is 5.26 Å². The number of allylic oxidation sites excluding steroid dienone is 1. The van der Waals surface area contributed by atoms with E-state index in [0.717, 1.165) is 5.56 Å². The van der Waals surface area contributed by atoms with Gasteiger partial charge in [-0.05, 0) is 30.0 Å². The monoisotopic (exact) mass is 285 g/mol. The van der Waals surface area contributed by atoms with Gasteiger partial charge in [0.1, 0.15) is 6.07 Å². The van der Waals surface area contributed by atoms with Crippen molar-refractivity contribution in [1.82, 2.24) is 0 Å². The number of hydrogen-bond acceptors (Lipinski definition) is 5. The van der Waals surface area contributed by atoms with Gasteiger partial charge in [-0.1, -0.05) is 12.1 Å². The van der Waals surface area contributed by atoms with Gasteiger partial charge in [-0.25, -0.2) is 0 Å². The second kappa shape index (κ2) is 5.55. The Morgan fingerprint density at radius 2 is 2.20 bits per heavy atom. The van der Waals surface area contributed by atoms with E-state index in [-0.39, 0.29) is 22.5 Å². The molecule has 20 heavy (non-hydrogen) atoms. The molecule has 0 unspecified atom stereocenters. The molecule has 0 saturated carbocycles. The summed E-state index contributed by atoms with van der Waals surface area (Å²) in [5.41, 5.74) is 7.42. The number of rotatable bonds is 3. The topological polar surface area (TPSA) is 92.9 Å². The van der Waals surface area contributed by atoms with Crippen LogP contribution in [0.3, 0.4) is 0 Å². The highest BCUT2D eigenvalue weighted by Gasteiger charge is 2.19. The zero-order valence-corrected chi connectivity index (χ0v) is 11.5. The minimum absolute atomic E-state index is 0.0996. The highest BCUT2D eigenvalue weighted by Crippen LogP contribution is 2.31. The smallest absolute Gasteiger partial charge is 0.278 e. The Balaban J connectivity index is 2.69. The third-order valence-electron chi connectivity index (χ3n) is 2.79. The van der Waals surface area contributed by atoms with Crippen LogP contribution in [-0.2, 0) is 0 Å². The van der Waals surface area contributed by atoms with Gasteiger partial charge < -0.3 is 5.73 Å². The number of thiophene rings is 1. The van der Waals surface area contributed by atoms with Gasteiger partial charge in [-0.3, -0.25) is 10.1 Å². The Morgan fingerprint density at radius 1 is 1.45 bits per heavy atom. The van der Waals surface area contributed by atoms with E-state index in [1.165, 1.54) is 17.4 Å². The second-order valence-corrected chi connectivity index (χ2v) is 5.10. The van der Waals surface area contributed by atoms with Crippen LogP contribution in [-0.4, -0.2) is 4.92 Å². The third-order valence-corrected chi connectivity index (χ3v) is 3.67. The lowest BCUT2D eigenvalue weighted by molar-refractivity contribution is -0.385. The molecule has 0 bridgehead atoms. The molecule has 0 radical (unpaired) electrons. The number of aryl methyl sites for hydroxylation is 1. The summed E-state index contributed by atoms with van der Waals surface area (Å²) in [6.45, 7) is 1.82.